The fraction of sp³-hybridized carbons (Fsp3) is 0.538. The first-order valence-corrected chi connectivity index (χ1v) is 6.40. The molecule has 0 saturated carbocycles. The molecule has 1 aromatic rings. The standard InChI is InChI=1S/C13H20N4O/c1-2-17-6-4-10(9-17)7-16-13(18)11-8-15-5-3-12(11)14/h3,5,8,10H,2,4,6-7,9H2,1H3,(H2,14,15)(H,16,18)/t10-/m0/s1. The van der Waals surface area contributed by atoms with Gasteiger partial charge in [-0.15, -0.1) is 0 Å². The fourth-order valence-electron chi connectivity index (χ4n) is 2.29. The molecule has 3 N–H and O–H groups in total. The van der Waals surface area contributed by atoms with Crippen LogP contribution in [0.15, 0.2) is 18.5 Å². The number of likely N-dealkylation sites (tertiary alicyclic amines) is 1. The molecule has 2 rings (SSSR count). The van der Waals surface area contributed by atoms with Crippen LogP contribution >= 0.6 is 0 Å². The van der Waals surface area contributed by atoms with Crippen LogP contribution in [0.3, 0.4) is 0 Å². The topological polar surface area (TPSA) is 71.2 Å². The van der Waals surface area contributed by atoms with Gasteiger partial charge in [-0.2, -0.15) is 0 Å². The average Bonchev–Trinajstić information content (AvgIpc) is 2.84. The number of carbonyl (C=O) groups excluding carboxylic acids is 1. The fourth-order valence-corrected chi connectivity index (χ4v) is 2.29. The van der Waals surface area contributed by atoms with E-state index in [0.29, 0.717) is 23.7 Å². The summed E-state index contributed by atoms with van der Waals surface area (Å²) in [6.45, 7) is 6.16. The van der Waals surface area contributed by atoms with Crippen molar-refractivity contribution in [1.29, 1.82) is 0 Å². The lowest BCUT2D eigenvalue weighted by Gasteiger charge is -2.14. The Hall–Kier alpha value is -1.62. The highest BCUT2D eigenvalue weighted by atomic mass is 16.1. The summed E-state index contributed by atoms with van der Waals surface area (Å²) in [7, 11) is 0. The number of carbonyl (C=O) groups is 1. The molecule has 0 radical (unpaired) electrons. The van der Waals surface area contributed by atoms with Crippen LogP contribution in [0.1, 0.15) is 23.7 Å². The van der Waals surface area contributed by atoms with Gasteiger partial charge in [-0.3, -0.25) is 9.78 Å². The van der Waals surface area contributed by atoms with Gasteiger partial charge < -0.3 is 16.0 Å². The van der Waals surface area contributed by atoms with E-state index in [9.17, 15) is 4.79 Å². The summed E-state index contributed by atoms with van der Waals surface area (Å²) in [4.78, 5) is 18.2. The molecule has 0 aliphatic carbocycles. The summed E-state index contributed by atoms with van der Waals surface area (Å²) in [6.07, 6.45) is 4.25. The second-order valence-electron chi connectivity index (χ2n) is 4.72. The van der Waals surface area contributed by atoms with Crippen LogP contribution in [0.4, 0.5) is 5.69 Å². The Morgan fingerprint density at radius 3 is 3.17 bits per heavy atom. The molecule has 1 aliphatic heterocycles. The normalized spacial score (nSPS) is 19.9. The highest BCUT2D eigenvalue weighted by molar-refractivity contribution is 5.98. The number of nitrogen functional groups attached to an aromatic ring is 1. The van der Waals surface area contributed by atoms with E-state index in [1.165, 1.54) is 6.20 Å². The van der Waals surface area contributed by atoms with Crippen LogP contribution < -0.4 is 11.1 Å². The number of rotatable bonds is 4. The number of hydrogen-bond donors (Lipinski definition) is 2. The van der Waals surface area contributed by atoms with E-state index in [1.807, 2.05) is 0 Å². The first-order valence-electron chi connectivity index (χ1n) is 6.40. The van der Waals surface area contributed by atoms with Gasteiger partial charge in [0.15, 0.2) is 0 Å². The Morgan fingerprint density at radius 1 is 1.67 bits per heavy atom. The van der Waals surface area contributed by atoms with Crippen molar-refractivity contribution in [3.8, 4) is 0 Å². The molecule has 1 aromatic heterocycles. The van der Waals surface area contributed by atoms with Gasteiger partial charge in [0.25, 0.3) is 5.91 Å². The summed E-state index contributed by atoms with van der Waals surface area (Å²) >= 11 is 0. The number of aromatic nitrogens is 1. The molecule has 1 aliphatic rings. The van der Waals surface area contributed by atoms with Crippen molar-refractivity contribution >= 4 is 11.6 Å². The van der Waals surface area contributed by atoms with Crippen LogP contribution in [0.2, 0.25) is 0 Å². The lowest BCUT2D eigenvalue weighted by atomic mass is 10.1. The van der Waals surface area contributed by atoms with Crippen LogP contribution in [-0.2, 0) is 0 Å². The number of nitrogens with one attached hydrogen (secondary N) is 1. The molecule has 1 atom stereocenters. The van der Waals surface area contributed by atoms with Crippen molar-refractivity contribution in [2.75, 3.05) is 31.9 Å². The Bertz CT molecular complexity index is 421. The summed E-state index contributed by atoms with van der Waals surface area (Å²) in [6, 6.07) is 1.64. The van der Waals surface area contributed by atoms with E-state index < -0.39 is 0 Å². The van der Waals surface area contributed by atoms with Gasteiger partial charge in [0.1, 0.15) is 0 Å². The minimum absolute atomic E-state index is 0.129. The maximum absolute atomic E-state index is 11.9. The molecular weight excluding hydrogens is 228 g/mol. The highest BCUT2D eigenvalue weighted by Gasteiger charge is 2.21. The molecule has 0 unspecified atom stereocenters. The van der Waals surface area contributed by atoms with E-state index in [4.69, 9.17) is 5.73 Å². The minimum atomic E-state index is -0.129. The number of pyridine rings is 1. The molecule has 98 valence electrons. The number of nitrogens with zero attached hydrogens (tertiary/aromatic N) is 2. The summed E-state index contributed by atoms with van der Waals surface area (Å²) in [5.74, 6) is 0.419. The lowest BCUT2D eigenvalue weighted by molar-refractivity contribution is 0.0948. The number of anilines is 1. The maximum atomic E-state index is 11.9. The molecule has 5 nitrogen and oxygen atoms in total. The Morgan fingerprint density at radius 2 is 2.50 bits per heavy atom. The molecule has 5 heteroatoms. The zero-order valence-electron chi connectivity index (χ0n) is 10.7. The molecule has 2 heterocycles. The molecule has 0 bridgehead atoms. The zero-order chi connectivity index (χ0) is 13.0. The largest absolute Gasteiger partial charge is 0.398 e. The van der Waals surface area contributed by atoms with Crippen molar-refractivity contribution in [1.82, 2.24) is 15.2 Å². The van der Waals surface area contributed by atoms with Crippen molar-refractivity contribution in [3.63, 3.8) is 0 Å². The van der Waals surface area contributed by atoms with Crippen LogP contribution in [-0.4, -0.2) is 42.0 Å². The van der Waals surface area contributed by atoms with Gasteiger partial charge in [0, 0.05) is 31.2 Å². The number of nitrogens with two attached hydrogens (primary N) is 1. The Balaban J connectivity index is 1.84. The van der Waals surface area contributed by atoms with Gasteiger partial charge >= 0.3 is 0 Å². The predicted octanol–water partition coefficient (Wildman–Crippen LogP) is 0.735. The minimum Gasteiger partial charge on any atom is -0.398 e. The van der Waals surface area contributed by atoms with Gasteiger partial charge in [0.2, 0.25) is 0 Å². The molecular formula is C13H20N4O. The molecule has 1 fully saturated rings. The third kappa shape index (κ3) is 2.98. The van der Waals surface area contributed by atoms with E-state index in [-0.39, 0.29) is 5.91 Å². The number of hydrogen-bond acceptors (Lipinski definition) is 4. The average molecular weight is 248 g/mol. The van der Waals surface area contributed by atoms with E-state index in [2.05, 4.69) is 22.1 Å². The monoisotopic (exact) mass is 248 g/mol. The quantitative estimate of drug-likeness (QED) is 0.824. The molecule has 1 saturated heterocycles. The van der Waals surface area contributed by atoms with E-state index in [1.54, 1.807) is 12.3 Å². The highest BCUT2D eigenvalue weighted by Crippen LogP contribution is 2.15. The SMILES string of the molecule is CCN1CC[C@@H](CNC(=O)c2cnccc2N)C1. The van der Waals surface area contributed by atoms with Crippen molar-refractivity contribution in [2.45, 2.75) is 13.3 Å². The second-order valence-corrected chi connectivity index (χ2v) is 4.72. The van der Waals surface area contributed by atoms with Gasteiger partial charge in [0.05, 0.1) is 5.56 Å². The molecule has 0 aromatic carbocycles. The maximum Gasteiger partial charge on any atom is 0.254 e. The summed E-state index contributed by atoms with van der Waals surface area (Å²) in [5, 5.41) is 2.94. The van der Waals surface area contributed by atoms with E-state index in [0.717, 1.165) is 26.1 Å². The third-order valence-electron chi connectivity index (χ3n) is 3.47. The Labute approximate surface area is 107 Å². The molecule has 1 amide bonds. The van der Waals surface area contributed by atoms with Crippen molar-refractivity contribution < 1.29 is 4.79 Å². The van der Waals surface area contributed by atoms with E-state index >= 15 is 0 Å². The van der Waals surface area contributed by atoms with Gasteiger partial charge in [-0.1, -0.05) is 6.92 Å². The Kier molecular flexibility index (Phi) is 4.15. The predicted molar refractivity (Wildman–Crippen MR) is 71.2 cm³/mol. The van der Waals surface area contributed by atoms with Gasteiger partial charge in [-0.05, 0) is 31.5 Å². The van der Waals surface area contributed by atoms with Crippen molar-refractivity contribution in [2.24, 2.45) is 5.92 Å². The van der Waals surface area contributed by atoms with Crippen molar-refractivity contribution in [3.05, 3.63) is 24.0 Å². The first kappa shape index (κ1) is 12.8. The van der Waals surface area contributed by atoms with Crippen LogP contribution in [0.25, 0.3) is 0 Å². The summed E-state index contributed by atoms with van der Waals surface area (Å²) < 4.78 is 0. The number of amides is 1. The second kappa shape index (κ2) is 5.82. The van der Waals surface area contributed by atoms with Crippen LogP contribution in [0, 0.1) is 5.92 Å². The summed E-state index contributed by atoms with van der Waals surface area (Å²) in [5.41, 5.74) is 6.68. The van der Waals surface area contributed by atoms with Gasteiger partial charge in [-0.25, -0.2) is 0 Å². The lowest BCUT2D eigenvalue weighted by Crippen LogP contribution is -2.31. The first-order chi connectivity index (χ1) is 8.70. The molecule has 18 heavy (non-hydrogen) atoms. The molecule has 0 spiro atoms. The zero-order valence-corrected chi connectivity index (χ0v) is 10.7. The smallest absolute Gasteiger partial charge is 0.254 e. The third-order valence-corrected chi connectivity index (χ3v) is 3.47. The van der Waals surface area contributed by atoms with Crippen LogP contribution in [0.5, 0.6) is 0 Å².